The van der Waals surface area contributed by atoms with Crippen molar-refractivity contribution in [2.24, 2.45) is 5.73 Å². The van der Waals surface area contributed by atoms with Crippen LogP contribution in [0.15, 0.2) is 36.5 Å². The Kier molecular flexibility index (Phi) is 11.4. The van der Waals surface area contributed by atoms with Crippen LogP contribution in [0.25, 0.3) is 11.3 Å². The lowest BCUT2D eigenvalue weighted by molar-refractivity contribution is -0.119. The monoisotopic (exact) mass is 422 g/mol. The van der Waals surface area contributed by atoms with E-state index in [9.17, 15) is 4.79 Å². The molecule has 21 heavy (non-hydrogen) atoms. The van der Waals surface area contributed by atoms with Crippen molar-refractivity contribution in [3.8, 4) is 11.3 Å². The quantitative estimate of drug-likeness (QED) is 0.603. The fourth-order valence-electron chi connectivity index (χ4n) is 1.28. The molecule has 6 N–H and O–H groups in total. The predicted octanol–water partition coefficient (Wildman–Crippen LogP) is 0.271. The van der Waals surface area contributed by atoms with Gasteiger partial charge in [-0.05, 0) is 0 Å². The number of hydrazine groups is 1. The first-order valence-electron chi connectivity index (χ1n) is 5.29. The Hall–Kier alpha value is -1.62. The maximum atomic E-state index is 11.0. The summed E-state index contributed by atoms with van der Waals surface area (Å²) >= 11 is 0. The molecule has 10 heteroatoms. The molecule has 0 saturated carbocycles. The van der Waals surface area contributed by atoms with Gasteiger partial charge >= 0.3 is 0 Å². The normalized spacial score (nSPS) is 8.43. The molecule has 116 valence electrons. The topological polar surface area (TPSA) is 137 Å². The van der Waals surface area contributed by atoms with Crippen LogP contribution >= 0.6 is 34.0 Å². The van der Waals surface area contributed by atoms with E-state index in [1.165, 1.54) is 0 Å². The number of nitrogens with one attached hydrogen (secondary N) is 2. The van der Waals surface area contributed by atoms with Gasteiger partial charge in [-0.2, -0.15) is 5.10 Å². The molecule has 0 unspecified atom stereocenters. The summed E-state index contributed by atoms with van der Waals surface area (Å²) < 4.78 is 0. The fourth-order valence-corrected chi connectivity index (χ4v) is 1.28. The molecule has 0 aliphatic carbocycles. The Morgan fingerprint density at radius 2 is 1.86 bits per heavy atom. The number of nitrogens with two attached hydrogens (primary N) is 1. The summed E-state index contributed by atoms with van der Waals surface area (Å²) in [5, 5.41) is 7.55. The van der Waals surface area contributed by atoms with Gasteiger partial charge in [0.15, 0.2) is 0 Å². The molecule has 0 aliphatic heterocycles. The highest BCUT2D eigenvalue weighted by atomic mass is 79.9. The molecule has 0 saturated heterocycles. The maximum absolute atomic E-state index is 11.0. The molecular weight excluding hydrogens is 408 g/mol. The summed E-state index contributed by atoms with van der Waals surface area (Å²) in [6.07, 6.45) is 1.55. The van der Waals surface area contributed by atoms with Crippen molar-refractivity contribution in [1.82, 2.24) is 20.6 Å². The van der Waals surface area contributed by atoms with Gasteiger partial charge in [0.05, 0.1) is 18.4 Å². The molecule has 1 aromatic heterocycles. The lowest BCUT2D eigenvalue weighted by Gasteiger charge is -2.06. The number of benzene rings is 1. The lowest BCUT2D eigenvalue weighted by Crippen LogP contribution is -2.35. The van der Waals surface area contributed by atoms with Crippen molar-refractivity contribution in [3.63, 3.8) is 0 Å². The third kappa shape index (κ3) is 6.58. The van der Waals surface area contributed by atoms with Gasteiger partial charge in [0.1, 0.15) is 0 Å². The first-order chi connectivity index (χ1) is 8.79. The Labute approximate surface area is 142 Å². The van der Waals surface area contributed by atoms with Crippen LogP contribution in [0.3, 0.4) is 0 Å². The first-order valence-corrected chi connectivity index (χ1v) is 5.29. The minimum Gasteiger partial charge on any atom is -0.412 e. The van der Waals surface area contributed by atoms with Crippen molar-refractivity contribution >= 4 is 45.8 Å². The minimum absolute atomic E-state index is 0. The van der Waals surface area contributed by atoms with E-state index in [2.05, 4.69) is 26.0 Å². The van der Waals surface area contributed by atoms with Gasteiger partial charge < -0.3 is 11.2 Å². The van der Waals surface area contributed by atoms with Crippen LogP contribution in [0.1, 0.15) is 0 Å². The molecule has 0 bridgehead atoms. The second-order valence-electron chi connectivity index (χ2n) is 3.41. The second kappa shape index (κ2) is 11.1. The summed E-state index contributed by atoms with van der Waals surface area (Å²) in [6.45, 7) is -0.112. The highest BCUT2D eigenvalue weighted by molar-refractivity contribution is 8.93. The molecule has 2 rings (SSSR count). The number of amides is 1. The maximum Gasteiger partial charge on any atom is 0.262 e. The van der Waals surface area contributed by atoms with Gasteiger partial charge in [-0.1, -0.05) is 30.3 Å². The Balaban J connectivity index is 0. The van der Waals surface area contributed by atoms with Gasteiger partial charge in [-0.25, -0.2) is 4.98 Å². The highest BCUT2D eigenvalue weighted by Gasteiger charge is 2.03. The van der Waals surface area contributed by atoms with Crippen molar-refractivity contribution in [2.45, 2.75) is 0 Å². The molecule has 2 aromatic rings. The summed E-state index contributed by atoms with van der Waals surface area (Å²) in [4.78, 5) is 15.2. The lowest BCUT2D eigenvalue weighted by atomic mass is 10.2. The van der Waals surface area contributed by atoms with E-state index < -0.39 is 0 Å². The van der Waals surface area contributed by atoms with E-state index in [1.807, 2.05) is 30.3 Å². The standard InChI is InChI=1S/C11H12N6O.2BrH.H2O/c12-6-10(18)15-17-11-14-9(7-13-16-11)8-4-2-1-3-5-8;;;/h1-5,7H,6,12H2,(H,15,18)(H,14,16,17);2*1H;1H2. The highest BCUT2D eigenvalue weighted by Crippen LogP contribution is 2.15. The summed E-state index contributed by atoms with van der Waals surface area (Å²) in [5.74, 6) is -0.151. The van der Waals surface area contributed by atoms with Crippen molar-refractivity contribution in [3.05, 3.63) is 36.5 Å². The van der Waals surface area contributed by atoms with Crippen molar-refractivity contribution < 1.29 is 10.3 Å². The van der Waals surface area contributed by atoms with E-state index in [-0.39, 0.29) is 57.8 Å². The van der Waals surface area contributed by atoms with Gasteiger partial charge in [-0.15, -0.1) is 39.1 Å². The van der Waals surface area contributed by atoms with Crippen LogP contribution in [-0.4, -0.2) is 33.1 Å². The van der Waals surface area contributed by atoms with Crippen LogP contribution in [0.5, 0.6) is 0 Å². The van der Waals surface area contributed by atoms with Gasteiger partial charge in [0.2, 0.25) is 0 Å². The van der Waals surface area contributed by atoms with Crippen LogP contribution in [-0.2, 0) is 4.79 Å². The number of rotatable bonds is 4. The molecule has 1 amide bonds. The third-order valence-corrected chi connectivity index (χ3v) is 2.13. The number of hydrogen-bond donors (Lipinski definition) is 3. The smallest absolute Gasteiger partial charge is 0.262 e. The van der Waals surface area contributed by atoms with Gasteiger partial charge in [0, 0.05) is 5.56 Å². The zero-order valence-corrected chi connectivity index (χ0v) is 14.2. The minimum atomic E-state index is -0.358. The number of carbonyl (C=O) groups excluding carboxylic acids is 1. The van der Waals surface area contributed by atoms with E-state index in [0.29, 0.717) is 5.69 Å². The fraction of sp³-hybridized carbons (Fsp3) is 0.0909. The van der Waals surface area contributed by atoms with Crippen molar-refractivity contribution in [2.75, 3.05) is 12.0 Å². The molecular formula is C11H16Br2N6O2. The largest absolute Gasteiger partial charge is 0.412 e. The van der Waals surface area contributed by atoms with E-state index in [4.69, 9.17) is 5.73 Å². The molecule has 0 aliphatic rings. The zero-order valence-electron chi connectivity index (χ0n) is 10.8. The van der Waals surface area contributed by atoms with Gasteiger partial charge in [-0.3, -0.25) is 15.6 Å². The molecule has 0 radical (unpaired) electrons. The zero-order chi connectivity index (χ0) is 12.8. The Bertz CT molecular complexity index is 543. The van der Waals surface area contributed by atoms with Gasteiger partial charge in [0.25, 0.3) is 11.9 Å². The average molecular weight is 424 g/mol. The second-order valence-corrected chi connectivity index (χ2v) is 3.41. The number of halogens is 2. The number of carbonyl (C=O) groups is 1. The predicted molar refractivity (Wildman–Crippen MR) is 90.3 cm³/mol. The van der Waals surface area contributed by atoms with Crippen LogP contribution in [0.2, 0.25) is 0 Å². The number of aromatic nitrogens is 3. The molecule has 1 heterocycles. The summed E-state index contributed by atoms with van der Waals surface area (Å²) in [5.41, 5.74) is 11.6. The number of hydrogen-bond acceptors (Lipinski definition) is 6. The Morgan fingerprint density at radius 3 is 2.48 bits per heavy atom. The van der Waals surface area contributed by atoms with E-state index in [1.54, 1.807) is 6.20 Å². The Morgan fingerprint density at radius 1 is 1.19 bits per heavy atom. The van der Waals surface area contributed by atoms with Crippen molar-refractivity contribution in [1.29, 1.82) is 0 Å². The van der Waals surface area contributed by atoms with Crippen LogP contribution in [0, 0.1) is 0 Å². The average Bonchev–Trinajstić information content (AvgIpc) is 2.46. The third-order valence-electron chi connectivity index (χ3n) is 2.13. The summed E-state index contributed by atoms with van der Waals surface area (Å²) in [7, 11) is 0. The molecule has 0 atom stereocenters. The van der Waals surface area contributed by atoms with E-state index >= 15 is 0 Å². The van der Waals surface area contributed by atoms with Crippen LogP contribution < -0.4 is 16.6 Å². The van der Waals surface area contributed by atoms with E-state index in [0.717, 1.165) is 5.56 Å². The first kappa shape index (κ1) is 21.7. The molecule has 0 spiro atoms. The number of nitrogens with zero attached hydrogens (tertiary/aromatic N) is 3. The summed E-state index contributed by atoms with van der Waals surface area (Å²) in [6, 6.07) is 9.54. The number of anilines is 1. The van der Waals surface area contributed by atoms with Crippen LogP contribution in [0.4, 0.5) is 5.95 Å². The molecule has 1 aromatic carbocycles. The SMILES string of the molecule is Br.Br.NCC(=O)NNc1nncc(-c2ccccc2)n1.O. The molecule has 0 fully saturated rings. The molecule has 8 nitrogen and oxygen atoms in total.